The Bertz CT molecular complexity index is 110. The Morgan fingerprint density at radius 2 is 2.18 bits per heavy atom. The zero-order valence-corrected chi connectivity index (χ0v) is 7.72. The molecule has 1 unspecified atom stereocenters. The Kier molecular flexibility index (Phi) is 6.13. The monoisotopic (exact) mass is 158 g/mol. The first-order valence-electron chi connectivity index (χ1n) is 4.24. The van der Waals surface area contributed by atoms with Gasteiger partial charge in [-0.15, -0.1) is 0 Å². The fraction of sp³-hybridized carbons (Fsp3) is 0.889. The lowest BCUT2D eigenvalue weighted by atomic mass is 10.0. The zero-order chi connectivity index (χ0) is 8.69. The van der Waals surface area contributed by atoms with E-state index in [1.807, 2.05) is 6.92 Å². The van der Waals surface area contributed by atoms with Crippen LogP contribution in [0.25, 0.3) is 0 Å². The molecule has 0 radical (unpaired) electrons. The summed E-state index contributed by atoms with van der Waals surface area (Å²) in [5, 5.41) is 0. The molecule has 0 saturated carbocycles. The summed E-state index contributed by atoms with van der Waals surface area (Å²) < 4.78 is 4.76. The lowest BCUT2D eigenvalue weighted by molar-refractivity contribution is -0.126. The topological polar surface area (TPSA) is 26.3 Å². The molecule has 66 valence electrons. The van der Waals surface area contributed by atoms with E-state index < -0.39 is 0 Å². The predicted molar refractivity (Wildman–Crippen MR) is 45.6 cm³/mol. The number of methoxy groups -OCH3 is 1. The zero-order valence-electron chi connectivity index (χ0n) is 7.72. The molecule has 0 saturated heterocycles. The molecule has 0 aromatic heterocycles. The number of ketones is 1. The van der Waals surface area contributed by atoms with Gasteiger partial charge in [0.05, 0.1) is 0 Å². The van der Waals surface area contributed by atoms with E-state index in [9.17, 15) is 4.79 Å². The third-order valence-electron chi connectivity index (χ3n) is 1.83. The summed E-state index contributed by atoms with van der Waals surface area (Å²) in [6.07, 6.45) is 3.29. The van der Waals surface area contributed by atoms with Gasteiger partial charge in [-0.3, -0.25) is 4.79 Å². The maximum Gasteiger partial charge on any atom is 0.161 e. The molecule has 0 heterocycles. The van der Waals surface area contributed by atoms with Gasteiger partial charge in [-0.2, -0.15) is 0 Å². The lowest BCUT2D eigenvalue weighted by Gasteiger charge is -2.07. The molecule has 0 aliphatic rings. The van der Waals surface area contributed by atoms with Crippen molar-refractivity contribution in [1.29, 1.82) is 0 Å². The van der Waals surface area contributed by atoms with Gasteiger partial charge in [-0.25, -0.2) is 0 Å². The molecule has 11 heavy (non-hydrogen) atoms. The summed E-state index contributed by atoms with van der Waals surface area (Å²) in [6.45, 7) is 4.37. The van der Waals surface area contributed by atoms with Crippen LogP contribution in [0.2, 0.25) is 0 Å². The van der Waals surface area contributed by atoms with Gasteiger partial charge in [-0.05, 0) is 6.42 Å². The molecule has 0 aliphatic carbocycles. The van der Waals surface area contributed by atoms with E-state index in [2.05, 4.69) is 6.92 Å². The molecule has 0 rings (SSSR count). The van der Waals surface area contributed by atoms with Crippen molar-refractivity contribution >= 4 is 5.78 Å². The van der Waals surface area contributed by atoms with Crippen LogP contribution in [0, 0.1) is 5.92 Å². The van der Waals surface area contributed by atoms with Gasteiger partial charge in [0.1, 0.15) is 6.61 Å². The number of ether oxygens (including phenoxy) is 1. The minimum Gasteiger partial charge on any atom is -0.377 e. The molecule has 0 bridgehead atoms. The number of hydrogen-bond acceptors (Lipinski definition) is 2. The number of carbonyl (C=O) groups excluding carboxylic acids is 1. The van der Waals surface area contributed by atoms with E-state index in [0.717, 1.165) is 19.3 Å². The number of unbranched alkanes of at least 4 members (excludes halogenated alkanes) is 1. The van der Waals surface area contributed by atoms with Crippen LogP contribution in [-0.4, -0.2) is 19.5 Å². The highest BCUT2D eigenvalue weighted by Crippen LogP contribution is 2.08. The number of carbonyl (C=O) groups is 1. The highest BCUT2D eigenvalue weighted by Gasteiger charge is 2.10. The van der Waals surface area contributed by atoms with Crippen molar-refractivity contribution < 1.29 is 9.53 Å². The second-order valence-corrected chi connectivity index (χ2v) is 2.94. The van der Waals surface area contributed by atoms with E-state index in [-0.39, 0.29) is 18.3 Å². The van der Waals surface area contributed by atoms with Crippen molar-refractivity contribution in [3.05, 3.63) is 0 Å². The van der Waals surface area contributed by atoms with Crippen molar-refractivity contribution in [3.63, 3.8) is 0 Å². The highest BCUT2D eigenvalue weighted by molar-refractivity contribution is 5.81. The average Bonchev–Trinajstić information content (AvgIpc) is 2.00. The highest BCUT2D eigenvalue weighted by atomic mass is 16.5. The van der Waals surface area contributed by atoms with Crippen molar-refractivity contribution in [2.45, 2.75) is 33.1 Å². The summed E-state index contributed by atoms with van der Waals surface area (Å²) in [7, 11) is 1.56. The van der Waals surface area contributed by atoms with Crippen LogP contribution >= 0.6 is 0 Å². The Morgan fingerprint density at radius 1 is 1.55 bits per heavy atom. The SMILES string of the molecule is CCCCC(C)C(=O)COC. The average molecular weight is 158 g/mol. The second-order valence-electron chi connectivity index (χ2n) is 2.94. The summed E-state index contributed by atoms with van der Waals surface area (Å²) in [5.41, 5.74) is 0. The Balaban J connectivity index is 3.46. The number of hydrogen-bond donors (Lipinski definition) is 0. The first kappa shape index (κ1) is 10.6. The number of Topliss-reactive ketones (excluding diaryl/α,β-unsaturated/α-hetero) is 1. The summed E-state index contributed by atoms with van der Waals surface area (Å²) in [6, 6.07) is 0. The third-order valence-corrected chi connectivity index (χ3v) is 1.83. The quantitative estimate of drug-likeness (QED) is 0.591. The van der Waals surface area contributed by atoms with E-state index in [4.69, 9.17) is 4.74 Å². The summed E-state index contributed by atoms with van der Waals surface area (Å²) >= 11 is 0. The maximum atomic E-state index is 11.1. The van der Waals surface area contributed by atoms with Gasteiger partial charge < -0.3 is 4.74 Å². The van der Waals surface area contributed by atoms with E-state index in [1.165, 1.54) is 0 Å². The van der Waals surface area contributed by atoms with Crippen LogP contribution in [0.3, 0.4) is 0 Å². The van der Waals surface area contributed by atoms with Crippen LogP contribution in [0.15, 0.2) is 0 Å². The minimum absolute atomic E-state index is 0.176. The third kappa shape index (κ3) is 4.96. The van der Waals surface area contributed by atoms with Gasteiger partial charge >= 0.3 is 0 Å². The first-order chi connectivity index (χ1) is 5.22. The van der Waals surface area contributed by atoms with Crippen molar-refractivity contribution in [1.82, 2.24) is 0 Å². The Labute approximate surface area is 68.9 Å². The second kappa shape index (κ2) is 6.35. The molecular weight excluding hydrogens is 140 g/mol. The van der Waals surface area contributed by atoms with Gasteiger partial charge in [-0.1, -0.05) is 26.7 Å². The molecule has 0 aromatic carbocycles. The predicted octanol–water partition coefficient (Wildman–Crippen LogP) is 2.03. The van der Waals surface area contributed by atoms with Gasteiger partial charge in [0.25, 0.3) is 0 Å². The Morgan fingerprint density at radius 3 is 2.64 bits per heavy atom. The standard InChI is InChI=1S/C9H18O2/c1-4-5-6-8(2)9(10)7-11-3/h8H,4-7H2,1-3H3. The lowest BCUT2D eigenvalue weighted by Crippen LogP contribution is -2.16. The van der Waals surface area contributed by atoms with E-state index in [0.29, 0.717) is 0 Å². The summed E-state index contributed by atoms with van der Waals surface area (Å²) in [5.74, 6) is 0.399. The molecule has 1 atom stereocenters. The maximum absolute atomic E-state index is 11.1. The van der Waals surface area contributed by atoms with E-state index in [1.54, 1.807) is 7.11 Å². The van der Waals surface area contributed by atoms with Crippen LogP contribution in [0.1, 0.15) is 33.1 Å². The fourth-order valence-corrected chi connectivity index (χ4v) is 0.956. The van der Waals surface area contributed by atoms with Crippen molar-refractivity contribution in [3.8, 4) is 0 Å². The van der Waals surface area contributed by atoms with Gasteiger partial charge in [0.15, 0.2) is 5.78 Å². The largest absolute Gasteiger partial charge is 0.377 e. The van der Waals surface area contributed by atoms with Crippen LogP contribution in [0.5, 0.6) is 0 Å². The van der Waals surface area contributed by atoms with Gasteiger partial charge in [0.2, 0.25) is 0 Å². The summed E-state index contributed by atoms with van der Waals surface area (Å²) in [4.78, 5) is 11.1. The molecule has 0 spiro atoms. The van der Waals surface area contributed by atoms with Crippen LogP contribution in [-0.2, 0) is 9.53 Å². The van der Waals surface area contributed by atoms with Crippen LogP contribution in [0.4, 0.5) is 0 Å². The van der Waals surface area contributed by atoms with Crippen molar-refractivity contribution in [2.75, 3.05) is 13.7 Å². The smallest absolute Gasteiger partial charge is 0.161 e. The van der Waals surface area contributed by atoms with Gasteiger partial charge in [0, 0.05) is 13.0 Å². The Hall–Kier alpha value is -0.370. The fourth-order valence-electron chi connectivity index (χ4n) is 0.956. The molecular formula is C9H18O2. The first-order valence-corrected chi connectivity index (χ1v) is 4.24. The minimum atomic E-state index is 0.176. The molecule has 2 nitrogen and oxygen atoms in total. The molecule has 0 aliphatic heterocycles. The molecule has 0 amide bonds. The van der Waals surface area contributed by atoms with Crippen molar-refractivity contribution in [2.24, 2.45) is 5.92 Å². The normalized spacial score (nSPS) is 13.0. The molecule has 0 fully saturated rings. The molecule has 2 heteroatoms. The van der Waals surface area contributed by atoms with Crippen LogP contribution < -0.4 is 0 Å². The molecule has 0 N–H and O–H groups in total. The van der Waals surface area contributed by atoms with E-state index >= 15 is 0 Å². The molecule has 0 aromatic rings. The number of rotatable bonds is 6.